The van der Waals surface area contributed by atoms with Gasteiger partial charge in [0, 0.05) is 10.4 Å². The minimum atomic E-state index is 0.226. The van der Waals surface area contributed by atoms with Gasteiger partial charge >= 0.3 is 0 Å². The molecule has 1 nitrogen and oxygen atoms in total. The number of halogens is 1. The standard InChI is InChI=1S/C12H20BrNS/c1-9(8-14-12(2,3)4)7-10-5-6-11(13)15-10/h5-6,9,14H,7-8H2,1-4H3. The van der Waals surface area contributed by atoms with Gasteiger partial charge in [0.1, 0.15) is 0 Å². The van der Waals surface area contributed by atoms with Crippen molar-refractivity contribution in [2.24, 2.45) is 5.92 Å². The highest BCUT2D eigenvalue weighted by atomic mass is 79.9. The largest absolute Gasteiger partial charge is 0.312 e. The van der Waals surface area contributed by atoms with Gasteiger partial charge in [0.05, 0.1) is 3.79 Å². The molecule has 0 saturated heterocycles. The van der Waals surface area contributed by atoms with Gasteiger partial charge in [0.2, 0.25) is 0 Å². The summed E-state index contributed by atoms with van der Waals surface area (Å²) in [6, 6.07) is 4.34. The van der Waals surface area contributed by atoms with E-state index in [-0.39, 0.29) is 5.54 Å². The van der Waals surface area contributed by atoms with E-state index < -0.39 is 0 Å². The van der Waals surface area contributed by atoms with E-state index in [4.69, 9.17) is 0 Å². The lowest BCUT2D eigenvalue weighted by atomic mass is 10.0. The second kappa shape index (κ2) is 5.46. The zero-order valence-electron chi connectivity index (χ0n) is 9.93. The van der Waals surface area contributed by atoms with Crippen molar-refractivity contribution >= 4 is 27.3 Å². The molecule has 0 aliphatic heterocycles. The minimum Gasteiger partial charge on any atom is -0.312 e. The summed E-state index contributed by atoms with van der Waals surface area (Å²) in [5.41, 5.74) is 0.226. The molecule has 86 valence electrons. The number of hydrogen-bond donors (Lipinski definition) is 1. The number of nitrogens with one attached hydrogen (secondary N) is 1. The highest BCUT2D eigenvalue weighted by Crippen LogP contribution is 2.24. The van der Waals surface area contributed by atoms with Crippen molar-refractivity contribution in [1.29, 1.82) is 0 Å². The van der Waals surface area contributed by atoms with Crippen LogP contribution in [-0.4, -0.2) is 12.1 Å². The van der Waals surface area contributed by atoms with Crippen molar-refractivity contribution in [2.75, 3.05) is 6.54 Å². The maximum atomic E-state index is 3.54. The van der Waals surface area contributed by atoms with Crippen molar-refractivity contribution in [3.8, 4) is 0 Å². The second-order valence-corrected chi connectivity index (χ2v) is 7.69. The normalized spacial score (nSPS) is 14.2. The number of rotatable bonds is 4. The molecule has 0 amide bonds. The Morgan fingerprint density at radius 1 is 1.40 bits per heavy atom. The van der Waals surface area contributed by atoms with E-state index in [1.54, 1.807) is 0 Å². The topological polar surface area (TPSA) is 12.0 Å². The molecule has 1 unspecified atom stereocenters. The number of hydrogen-bond acceptors (Lipinski definition) is 2. The van der Waals surface area contributed by atoms with E-state index in [9.17, 15) is 0 Å². The Morgan fingerprint density at radius 2 is 2.07 bits per heavy atom. The highest BCUT2D eigenvalue weighted by Gasteiger charge is 2.11. The Bertz CT molecular complexity index is 301. The average Bonchev–Trinajstić information content (AvgIpc) is 2.47. The summed E-state index contributed by atoms with van der Waals surface area (Å²) in [4.78, 5) is 1.46. The van der Waals surface area contributed by atoms with Gasteiger partial charge in [-0.25, -0.2) is 0 Å². The predicted octanol–water partition coefficient (Wildman–Crippen LogP) is 4.08. The van der Waals surface area contributed by atoms with Crippen LogP contribution in [0.5, 0.6) is 0 Å². The van der Waals surface area contributed by atoms with Crippen LogP contribution in [0.1, 0.15) is 32.6 Å². The summed E-state index contributed by atoms with van der Waals surface area (Å²) >= 11 is 5.33. The van der Waals surface area contributed by atoms with E-state index in [2.05, 4.69) is 61.1 Å². The van der Waals surface area contributed by atoms with Gasteiger partial charge in [0.15, 0.2) is 0 Å². The van der Waals surface area contributed by atoms with Gasteiger partial charge in [-0.1, -0.05) is 6.92 Å². The minimum absolute atomic E-state index is 0.226. The van der Waals surface area contributed by atoms with Crippen molar-refractivity contribution in [3.63, 3.8) is 0 Å². The van der Waals surface area contributed by atoms with Crippen LogP contribution < -0.4 is 5.32 Å². The van der Waals surface area contributed by atoms with Crippen LogP contribution in [0.2, 0.25) is 0 Å². The lowest BCUT2D eigenvalue weighted by Gasteiger charge is -2.23. The molecular weight excluding hydrogens is 270 g/mol. The molecule has 0 saturated carbocycles. The third-order valence-corrected chi connectivity index (χ3v) is 3.81. The Kier molecular flexibility index (Phi) is 4.81. The Morgan fingerprint density at radius 3 is 2.53 bits per heavy atom. The van der Waals surface area contributed by atoms with E-state index in [1.165, 1.54) is 15.1 Å². The predicted molar refractivity (Wildman–Crippen MR) is 72.6 cm³/mol. The summed E-state index contributed by atoms with van der Waals surface area (Å²) in [5, 5.41) is 3.54. The first-order valence-corrected chi connectivity index (χ1v) is 6.97. The van der Waals surface area contributed by atoms with Gasteiger partial charge in [-0.05, 0) is 67.7 Å². The smallest absolute Gasteiger partial charge is 0.0701 e. The summed E-state index contributed by atoms with van der Waals surface area (Å²) in [6.07, 6.45) is 1.17. The lowest BCUT2D eigenvalue weighted by molar-refractivity contribution is 0.382. The van der Waals surface area contributed by atoms with Crippen LogP contribution in [0.4, 0.5) is 0 Å². The van der Waals surface area contributed by atoms with E-state index in [0.717, 1.165) is 6.54 Å². The number of thiophene rings is 1. The van der Waals surface area contributed by atoms with Crippen molar-refractivity contribution < 1.29 is 0 Å². The first-order chi connectivity index (χ1) is 6.87. The van der Waals surface area contributed by atoms with Crippen molar-refractivity contribution in [1.82, 2.24) is 5.32 Å². The molecule has 0 aliphatic rings. The fraction of sp³-hybridized carbons (Fsp3) is 0.667. The van der Waals surface area contributed by atoms with Crippen molar-refractivity contribution in [3.05, 3.63) is 20.8 Å². The highest BCUT2D eigenvalue weighted by molar-refractivity contribution is 9.11. The van der Waals surface area contributed by atoms with E-state index in [1.807, 2.05) is 11.3 Å². The summed E-state index contributed by atoms with van der Waals surface area (Å²) in [7, 11) is 0. The third kappa shape index (κ3) is 5.69. The van der Waals surface area contributed by atoms with Crippen LogP contribution in [0.25, 0.3) is 0 Å². The molecule has 1 heterocycles. The van der Waals surface area contributed by atoms with Crippen molar-refractivity contribution in [2.45, 2.75) is 39.7 Å². The Balaban J connectivity index is 2.33. The summed E-state index contributed by atoms with van der Waals surface area (Å²) in [5.74, 6) is 0.690. The van der Waals surface area contributed by atoms with Gasteiger partial charge < -0.3 is 5.32 Å². The molecule has 3 heteroatoms. The maximum absolute atomic E-state index is 3.54. The van der Waals surface area contributed by atoms with Crippen LogP contribution in [0.15, 0.2) is 15.9 Å². The zero-order chi connectivity index (χ0) is 11.5. The van der Waals surface area contributed by atoms with Gasteiger partial charge in [-0.3, -0.25) is 0 Å². The van der Waals surface area contributed by atoms with Crippen LogP contribution in [-0.2, 0) is 6.42 Å². The van der Waals surface area contributed by atoms with E-state index in [0.29, 0.717) is 5.92 Å². The first-order valence-electron chi connectivity index (χ1n) is 5.36. The van der Waals surface area contributed by atoms with Crippen LogP contribution in [0.3, 0.4) is 0 Å². The SMILES string of the molecule is CC(CNC(C)(C)C)Cc1ccc(Br)s1. The fourth-order valence-corrected chi connectivity index (χ4v) is 3.00. The molecular formula is C12H20BrNS. The maximum Gasteiger partial charge on any atom is 0.0701 e. The molecule has 1 N–H and O–H groups in total. The molecule has 0 aromatic carbocycles. The first kappa shape index (κ1) is 13.2. The Labute approximate surface area is 105 Å². The molecule has 1 aromatic heterocycles. The van der Waals surface area contributed by atoms with Crippen LogP contribution >= 0.6 is 27.3 Å². The molecule has 1 rings (SSSR count). The summed E-state index contributed by atoms with van der Waals surface area (Å²) in [6.45, 7) is 10.0. The van der Waals surface area contributed by atoms with Crippen LogP contribution in [0, 0.1) is 5.92 Å². The fourth-order valence-electron chi connectivity index (χ4n) is 1.36. The molecule has 15 heavy (non-hydrogen) atoms. The van der Waals surface area contributed by atoms with Gasteiger partial charge in [-0.2, -0.15) is 0 Å². The molecule has 1 atom stereocenters. The average molecular weight is 290 g/mol. The van der Waals surface area contributed by atoms with E-state index >= 15 is 0 Å². The summed E-state index contributed by atoms with van der Waals surface area (Å²) < 4.78 is 1.23. The molecule has 0 spiro atoms. The monoisotopic (exact) mass is 289 g/mol. The molecule has 0 radical (unpaired) electrons. The van der Waals surface area contributed by atoms with Gasteiger partial charge in [0.25, 0.3) is 0 Å². The quantitative estimate of drug-likeness (QED) is 0.881. The van der Waals surface area contributed by atoms with Gasteiger partial charge in [-0.15, -0.1) is 11.3 Å². The Hall–Kier alpha value is 0.140. The zero-order valence-corrected chi connectivity index (χ0v) is 12.3. The molecule has 0 bridgehead atoms. The molecule has 0 aliphatic carbocycles. The molecule has 0 fully saturated rings. The lowest BCUT2D eigenvalue weighted by Crippen LogP contribution is -2.38. The second-order valence-electron chi connectivity index (χ2n) is 5.15. The third-order valence-electron chi connectivity index (χ3n) is 2.16. The molecule has 1 aromatic rings.